The van der Waals surface area contributed by atoms with Crippen molar-refractivity contribution in [2.45, 2.75) is 13.1 Å². The van der Waals surface area contributed by atoms with Crippen LogP contribution in [0.5, 0.6) is 5.75 Å². The molecular weight excluding hydrogens is 368 g/mol. The second-order valence-corrected chi connectivity index (χ2v) is 6.83. The molecule has 29 heavy (non-hydrogen) atoms. The van der Waals surface area contributed by atoms with Crippen LogP contribution in [0.3, 0.4) is 0 Å². The molecule has 0 unspecified atom stereocenters. The highest BCUT2D eigenvalue weighted by Gasteiger charge is 2.35. The van der Waals surface area contributed by atoms with Gasteiger partial charge in [-0.15, -0.1) is 0 Å². The average molecular weight is 388 g/mol. The number of para-hydroxylation sites is 2. The monoisotopic (exact) mass is 388 g/mol. The number of aliphatic carboxylic acids is 1. The highest BCUT2D eigenvalue weighted by molar-refractivity contribution is 6.12. The Hall–Kier alpha value is -3.80. The van der Waals surface area contributed by atoms with Gasteiger partial charge in [-0.2, -0.15) is 0 Å². The van der Waals surface area contributed by atoms with Crippen molar-refractivity contribution in [2.24, 2.45) is 0 Å². The van der Waals surface area contributed by atoms with Crippen molar-refractivity contribution in [1.29, 1.82) is 0 Å². The first kappa shape index (κ1) is 18.6. The van der Waals surface area contributed by atoms with Crippen molar-refractivity contribution in [2.75, 3.05) is 16.8 Å². The molecule has 0 aliphatic carbocycles. The van der Waals surface area contributed by atoms with Crippen LogP contribution in [0.2, 0.25) is 0 Å². The molecule has 3 aromatic carbocycles. The van der Waals surface area contributed by atoms with Gasteiger partial charge in [0.2, 0.25) is 0 Å². The predicted molar refractivity (Wildman–Crippen MR) is 110 cm³/mol. The fourth-order valence-corrected chi connectivity index (χ4v) is 3.49. The third-order valence-electron chi connectivity index (χ3n) is 4.77. The lowest BCUT2D eigenvalue weighted by molar-refractivity contribution is -0.139. The number of rotatable bonds is 5. The Morgan fingerprint density at radius 3 is 2.62 bits per heavy atom. The standard InChI is InChI=1S/C23H20N2O4/c1-15-7-6-8-16(13-15)25-22(24-19-11-4-2-9-17(19)23(25)28)18-10-3-5-12-20(18)29-14-21(26)27/h2-13,22,24H,14H2,1H3,(H,26,27)/t22-/m1/s1. The average Bonchev–Trinajstić information content (AvgIpc) is 2.72. The summed E-state index contributed by atoms with van der Waals surface area (Å²) in [5.41, 5.74) is 3.75. The van der Waals surface area contributed by atoms with Crippen LogP contribution in [0, 0.1) is 6.92 Å². The minimum absolute atomic E-state index is 0.136. The van der Waals surface area contributed by atoms with Gasteiger partial charge in [-0.1, -0.05) is 42.5 Å². The molecule has 0 saturated carbocycles. The maximum atomic E-state index is 13.4. The van der Waals surface area contributed by atoms with Crippen LogP contribution in [0.25, 0.3) is 0 Å². The quantitative estimate of drug-likeness (QED) is 0.684. The van der Waals surface area contributed by atoms with E-state index in [0.717, 1.165) is 16.9 Å². The smallest absolute Gasteiger partial charge is 0.341 e. The van der Waals surface area contributed by atoms with Gasteiger partial charge in [-0.25, -0.2) is 4.79 Å². The molecule has 0 saturated heterocycles. The van der Waals surface area contributed by atoms with Gasteiger partial charge in [0.15, 0.2) is 6.61 Å². The Kier molecular flexibility index (Phi) is 4.91. The number of carbonyl (C=O) groups is 2. The summed E-state index contributed by atoms with van der Waals surface area (Å²) in [4.78, 5) is 26.1. The molecule has 146 valence electrons. The van der Waals surface area contributed by atoms with Crippen LogP contribution in [-0.4, -0.2) is 23.6 Å². The van der Waals surface area contributed by atoms with E-state index in [9.17, 15) is 9.59 Å². The van der Waals surface area contributed by atoms with Crippen molar-refractivity contribution in [3.8, 4) is 5.75 Å². The molecule has 1 heterocycles. The van der Waals surface area contributed by atoms with Gasteiger partial charge in [-0.05, 0) is 42.8 Å². The highest BCUT2D eigenvalue weighted by atomic mass is 16.5. The van der Waals surface area contributed by atoms with Gasteiger partial charge in [0.05, 0.1) is 5.56 Å². The Morgan fingerprint density at radius 2 is 1.83 bits per heavy atom. The summed E-state index contributed by atoms with van der Waals surface area (Å²) in [6.07, 6.45) is -0.552. The van der Waals surface area contributed by atoms with Crippen LogP contribution in [0.15, 0.2) is 72.8 Å². The third kappa shape index (κ3) is 3.65. The fraction of sp³-hybridized carbons (Fsp3) is 0.130. The van der Waals surface area contributed by atoms with Crippen molar-refractivity contribution >= 4 is 23.3 Å². The minimum atomic E-state index is -1.06. The molecule has 1 aliphatic heterocycles. The molecule has 1 atom stereocenters. The fourth-order valence-electron chi connectivity index (χ4n) is 3.49. The topological polar surface area (TPSA) is 78.9 Å². The van der Waals surface area contributed by atoms with Crippen LogP contribution in [0.4, 0.5) is 11.4 Å². The van der Waals surface area contributed by atoms with Crippen molar-refractivity contribution < 1.29 is 19.4 Å². The van der Waals surface area contributed by atoms with E-state index in [4.69, 9.17) is 9.84 Å². The van der Waals surface area contributed by atoms with Crippen LogP contribution in [-0.2, 0) is 4.79 Å². The predicted octanol–water partition coefficient (Wildman–Crippen LogP) is 4.23. The van der Waals surface area contributed by atoms with Crippen molar-refractivity contribution in [3.05, 3.63) is 89.5 Å². The van der Waals surface area contributed by atoms with Gasteiger partial charge >= 0.3 is 5.97 Å². The number of amides is 1. The highest BCUT2D eigenvalue weighted by Crippen LogP contribution is 2.39. The molecule has 6 nitrogen and oxygen atoms in total. The molecule has 6 heteroatoms. The van der Waals surface area contributed by atoms with Crippen molar-refractivity contribution in [3.63, 3.8) is 0 Å². The molecule has 4 rings (SSSR count). The molecular formula is C23H20N2O4. The molecule has 0 aromatic heterocycles. The number of hydrogen-bond acceptors (Lipinski definition) is 4. The lowest BCUT2D eigenvalue weighted by atomic mass is 10.0. The number of hydrogen-bond donors (Lipinski definition) is 2. The second-order valence-electron chi connectivity index (χ2n) is 6.83. The number of ether oxygens (including phenoxy) is 1. The number of fused-ring (bicyclic) bond motifs is 1. The number of carbonyl (C=O) groups excluding carboxylic acids is 1. The molecule has 1 amide bonds. The Labute approximate surface area is 168 Å². The largest absolute Gasteiger partial charge is 0.481 e. The minimum Gasteiger partial charge on any atom is -0.481 e. The first-order chi connectivity index (χ1) is 14.0. The van der Waals surface area contributed by atoms with Crippen LogP contribution in [0.1, 0.15) is 27.7 Å². The second kappa shape index (κ2) is 7.67. The summed E-state index contributed by atoms with van der Waals surface area (Å²) >= 11 is 0. The molecule has 3 aromatic rings. The third-order valence-corrected chi connectivity index (χ3v) is 4.77. The lowest BCUT2D eigenvalue weighted by Gasteiger charge is -2.38. The van der Waals surface area contributed by atoms with Gasteiger partial charge in [-0.3, -0.25) is 9.69 Å². The summed E-state index contributed by atoms with van der Waals surface area (Å²) < 4.78 is 5.51. The van der Waals surface area contributed by atoms with Gasteiger partial charge in [0.25, 0.3) is 5.91 Å². The molecule has 0 radical (unpaired) electrons. The van der Waals surface area contributed by atoms with E-state index >= 15 is 0 Å². The number of aryl methyl sites for hydroxylation is 1. The Bertz CT molecular complexity index is 1080. The normalized spacial score (nSPS) is 15.4. The number of benzene rings is 3. The van der Waals surface area contributed by atoms with E-state index in [1.54, 1.807) is 23.1 Å². The first-order valence-electron chi connectivity index (χ1n) is 9.24. The van der Waals surface area contributed by atoms with Gasteiger partial charge < -0.3 is 15.2 Å². The summed E-state index contributed by atoms with van der Waals surface area (Å²) in [7, 11) is 0. The zero-order valence-corrected chi connectivity index (χ0v) is 15.8. The van der Waals surface area contributed by atoms with E-state index < -0.39 is 18.7 Å². The Balaban J connectivity index is 1.84. The first-order valence-corrected chi connectivity index (χ1v) is 9.24. The maximum Gasteiger partial charge on any atom is 0.341 e. The van der Waals surface area contributed by atoms with Gasteiger partial charge in [0, 0.05) is 16.9 Å². The van der Waals surface area contributed by atoms with Crippen LogP contribution < -0.4 is 15.0 Å². The van der Waals surface area contributed by atoms with E-state index in [2.05, 4.69) is 5.32 Å². The zero-order valence-electron chi connectivity index (χ0n) is 15.8. The number of anilines is 2. The SMILES string of the molecule is Cc1cccc(N2C(=O)c3ccccc3N[C@H]2c2ccccc2OCC(=O)O)c1. The molecule has 0 fully saturated rings. The summed E-state index contributed by atoms with van der Waals surface area (Å²) in [5.74, 6) is -0.784. The summed E-state index contributed by atoms with van der Waals surface area (Å²) in [6.45, 7) is 1.51. The Morgan fingerprint density at radius 1 is 1.07 bits per heavy atom. The van der Waals surface area contributed by atoms with Crippen molar-refractivity contribution in [1.82, 2.24) is 0 Å². The molecule has 2 N–H and O–H groups in total. The maximum absolute atomic E-state index is 13.4. The molecule has 0 bridgehead atoms. The molecule has 0 spiro atoms. The number of carboxylic acid groups (broad SMARTS) is 1. The molecule has 1 aliphatic rings. The van der Waals surface area contributed by atoms with E-state index in [0.29, 0.717) is 16.9 Å². The summed E-state index contributed by atoms with van der Waals surface area (Å²) in [5, 5.41) is 12.4. The van der Waals surface area contributed by atoms with Crippen LogP contribution >= 0.6 is 0 Å². The van der Waals surface area contributed by atoms with E-state index in [-0.39, 0.29) is 5.91 Å². The van der Waals surface area contributed by atoms with E-state index in [1.165, 1.54) is 0 Å². The number of carboxylic acids is 1. The van der Waals surface area contributed by atoms with Gasteiger partial charge in [0.1, 0.15) is 11.9 Å². The zero-order chi connectivity index (χ0) is 20.4. The number of nitrogens with one attached hydrogen (secondary N) is 1. The lowest BCUT2D eigenvalue weighted by Crippen LogP contribution is -2.43. The summed E-state index contributed by atoms with van der Waals surface area (Å²) in [6, 6.07) is 22.2. The van der Waals surface area contributed by atoms with E-state index in [1.807, 2.05) is 61.5 Å². The number of nitrogens with zero attached hydrogens (tertiary/aromatic N) is 1.